The minimum Gasteiger partial charge on any atom is -0.204 e. The highest BCUT2D eigenvalue weighted by atomic mass is 19.2. The lowest BCUT2D eigenvalue weighted by atomic mass is 9.68. The van der Waals surface area contributed by atoms with Crippen LogP contribution in [0.25, 0.3) is 0 Å². The predicted molar refractivity (Wildman–Crippen MR) is 95.8 cm³/mol. The van der Waals surface area contributed by atoms with Crippen LogP contribution in [0.1, 0.15) is 63.4 Å². The number of rotatable bonds is 5. The molecular weight excluding hydrogens is 302 g/mol. The van der Waals surface area contributed by atoms with Gasteiger partial charge in [-0.15, -0.1) is 6.58 Å². The molecule has 0 amide bonds. The highest BCUT2D eigenvalue weighted by Crippen LogP contribution is 2.42. The predicted octanol–water partition coefficient (Wildman–Crippen LogP) is 6.70. The van der Waals surface area contributed by atoms with Crippen molar-refractivity contribution in [3.05, 3.63) is 48.1 Å². The standard InChI is InChI=1S/C22H30F2/c1-2-16-5-10-19(11-6-16)20-12-7-17(8-13-20)3-4-18-9-14-21(23)22(24)15-18/h2,9,14-17,19-20H,1,3-8,10-13H2/t16-,17-,19-,20-. The van der Waals surface area contributed by atoms with Crippen LogP contribution in [0.3, 0.4) is 0 Å². The smallest absolute Gasteiger partial charge is 0.159 e. The van der Waals surface area contributed by atoms with E-state index in [-0.39, 0.29) is 0 Å². The monoisotopic (exact) mass is 332 g/mol. The van der Waals surface area contributed by atoms with Gasteiger partial charge in [-0.3, -0.25) is 0 Å². The van der Waals surface area contributed by atoms with Crippen molar-refractivity contribution in [2.75, 3.05) is 0 Å². The van der Waals surface area contributed by atoms with Gasteiger partial charge in [-0.05, 0) is 92.7 Å². The molecule has 1 aromatic rings. The lowest BCUT2D eigenvalue weighted by molar-refractivity contribution is 0.153. The Morgan fingerprint density at radius 3 is 2.08 bits per heavy atom. The van der Waals surface area contributed by atoms with E-state index < -0.39 is 11.6 Å². The first-order valence-corrected chi connectivity index (χ1v) is 9.72. The van der Waals surface area contributed by atoms with Crippen molar-refractivity contribution in [2.45, 2.75) is 64.2 Å². The van der Waals surface area contributed by atoms with E-state index in [4.69, 9.17) is 0 Å². The van der Waals surface area contributed by atoms with Gasteiger partial charge in [0.1, 0.15) is 0 Å². The minimum absolute atomic E-state index is 0.716. The van der Waals surface area contributed by atoms with E-state index in [0.717, 1.165) is 42.1 Å². The summed E-state index contributed by atoms with van der Waals surface area (Å²) in [4.78, 5) is 0. The fourth-order valence-electron chi connectivity index (χ4n) is 4.87. The first kappa shape index (κ1) is 17.6. The molecule has 1 aromatic carbocycles. The second kappa shape index (κ2) is 8.27. The molecule has 0 bridgehead atoms. The third-order valence-electron chi connectivity index (χ3n) is 6.53. The summed E-state index contributed by atoms with van der Waals surface area (Å²) in [5.74, 6) is 1.92. The van der Waals surface area contributed by atoms with Crippen LogP contribution in [0, 0.1) is 35.3 Å². The second-order valence-corrected chi connectivity index (χ2v) is 7.98. The van der Waals surface area contributed by atoms with Crippen LogP contribution in [0.15, 0.2) is 30.9 Å². The van der Waals surface area contributed by atoms with Crippen LogP contribution in [-0.2, 0) is 6.42 Å². The Labute approximate surface area is 145 Å². The highest BCUT2D eigenvalue weighted by Gasteiger charge is 2.30. The summed E-state index contributed by atoms with van der Waals surface area (Å²) in [6.45, 7) is 3.94. The molecule has 0 spiro atoms. The zero-order chi connectivity index (χ0) is 16.9. The van der Waals surface area contributed by atoms with Gasteiger partial charge in [0.2, 0.25) is 0 Å². The number of hydrogen-bond acceptors (Lipinski definition) is 0. The zero-order valence-corrected chi connectivity index (χ0v) is 14.7. The van der Waals surface area contributed by atoms with Gasteiger partial charge in [0.05, 0.1) is 0 Å². The summed E-state index contributed by atoms with van der Waals surface area (Å²) in [7, 11) is 0. The van der Waals surface area contributed by atoms with Gasteiger partial charge in [0.25, 0.3) is 0 Å². The number of allylic oxidation sites excluding steroid dienone is 1. The van der Waals surface area contributed by atoms with Crippen molar-refractivity contribution < 1.29 is 8.78 Å². The Hall–Kier alpha value is -1.18. The summed E-state index contributed by atoms with van der Waals surface area (Å²) in [6.07, 6.45) is 14.9. The van der Waals surface area contributed by atoms with Gasteiger partial charge < -0.3 is 0 Å². The largest absolute Gasteiger partial charge is 0.204 e. The lowest BCUT2D eigenvalue weighted by Gasteiger charge is -2.37. The molecule has 0 atom stereocenters. The topological polar surface area (TPSA) is 0 Å². The van der Waals surface area contributed by atoms with E-state index in [1.807, 2.05) is 0 Å². The molecule has 3 rings (SSSR count). The van der Waals surface area contributed by atoms with Crippen molar-refractivity contribution in [2.24, 2.45) is 23.7 Å². The maximum Gasteiger partial charge on any atom is 0.159 e. The molecule has 0 unspecified atom stereocenters. The Morgan fingerprint density at radius 1 is 0.875 bits per heavy atom. The molecule has 2 heteroatoms. The molecule has 0 aliphatic heterocycles. The molecule has 0 nitrogen and oxygen atoms in total. The van der Waals surface area contributed by atoms with Gasteiger partial charge >= 0.3 is 0 Å². The van der Waals surface area contributed by atoms with Gasteiger partial charge in [0.15, 0.2) is 11.6 Å². The van der Waals surface area contributed by atoms with E-state index in [1.165, 1.54) is 63.5 Å². The van der Waals surface area contributed by atoms with Crippen molar-refractivity contribution in [3.63, 3.8) is 0 Å². The van der Waals surface area contributed by atoms with Gasteiger partial charge in [-0.2, -0.15) is 0 Å². The molecule has 2 fully saturated rings. The molecule has 0 aromatic heterocycles. The van der Waals surface area contributed by atoms with Crippen LogP contribution >= 0.6 is 0 Å². The molecule has 24 heavy (non-hydrogen) atoms. The SMILES string of the molecule is C=C[C@H]1CC[C@H]([C@H]2CC[C@H](CCc3ccc(F)c(F)c3)CC2)CC1. The third-order valence-corrected chi connectivity index (χ3v) is 6.53. The fourth-order valence-corrected chi connectivity index (χ4v) is 4.87. The van der Waals surface area contributed by atoms with E-state index in [2.05, 4.69) is 12.7 Å². The number of halogens is 2. The summed E-state index contributed by atoms with van der Waals surface area (Å²) < 4.78 is 26.3. The molecule has 2 saturated carbocycles. The van der Waals surface area contributed by atoms with Crippen molar-refractivity contribution in [3.8, 4) is 0 Å². The average Bonchev–Trinajstić information content (AvgIpc) is 2.63. The Bertz CT molecular complexity index is 535. The molecule has 2 aliphatic carbocycles. The van der Waals surface area contributed by atoms with Gasteiger partial charge in [0, 0.05) is 0 Å². The van der Waals surface area contributed by atoms with Crippen LogP contribution in [0.5, 0.6) is 0 Å². The molecule has 0 saturated heterocycles. The number of benzene rings is 1. The number of aryl methyl sites for hydroxylation is 1. The van der Waals surface area contributed by atoms with Crippen LogP contribution in [0.2, 0.25) is 0 Å². The van der Waals surface area contributed by atoms with Crippen molar-refractivity contribution >= 4 is 0 Å². The minimum atomic E-state index is -0.745. The van der Waals surface area contributed by atoms with Gasteiger partial charge in [-0.25, -0.2) is 8.78 Å². The lowest BCUT2D eigenvalue weighted by Crippen LogP contribution is -2.25. The molecule has 0 heterocycles. The third kappa shape index (κ3) is 4.46. The second-order valence-electron chi connectivity index (χ2n) is 7.98. The summed E-state index contributed by atoms with van der Waals surface area (Å²) in [6, 6.07) is 4.34. The quantitative estimate of drug-likeness (QED) is 0.526. The van der Waals surface area contributed by atoms with E-state index >= 15 is 0 Å². The van der Waals surface area contributed by atoms with Gasteiger partial charge in [-0.1, -0.05) is 25.0 Å². The summed E-state index contributed by atoms with van der Waals surface area (Å²) >= 11 is 0. The zero-order valence-electron chi connectivity index (χ0n) is 14.7. The molecule has 0 N–H and O–H groups in total. The Kier molecular flexibility index (Phi) is 6.08. The summed E-state index contributed by atoms with van der Waals surface area (Å²) in [5, 5.41) is 0. The Balaban J connectivity index is 1.40. The Morgan fingerprint density at radius 2 is 1.50 bits per heavy atom. The number of hydrogen-bond donors (Lipinski definition) is 0. The van der Waals surface area contributed by atoms with E-state index in [1.54, 1.807) is 6.07 Å². The maximum absolute atomic E-state index is 13.3. The fraction of sp³-hybridized carbons (Fsp3) is 0.636. The first-order valence-electron chi connectivity index (χ1n) is 9.72. The van der Waals surface area contributed by atoms with Crippen LogP contribution < -0.4 is 0 Å². The molecule has 2 aliphatic rings. The van der Waals surface area contributed by atoms with Crippen molar-refractivity contribution in [1.82, 2.24) is 0 Å². The van der Waals surface area contributed by atoms with Crippen LogP contribution in [0.4, 0.5) is 8.78 Å². The van der Waals surface area contributed by atoms with E-state index in [9.17, 15) is 8.78 Å². The molecule has 0 radical (unpaired) electrons. The summed E-state index contributed by atoms with van der Waals surface area (Å²) in [5.41, 5.74) is 0.929. The molecule has 132 valence electrons. The highest BCUT2D eigenvalue weighted by molar-refractivity contribution is 5.17. The molecular formula is C22H30F2. The van der Waals surface area contributed by atoms with Crippen molar-refractivity contribution in [1.29, 1.82) is 0 Å². The average molecular weight is 332 g/mol. The van der Waals surface area contributed by atoms with E-state index in [0.29, 0.717) is 0 Å². The normalized spacial score (nSPS) is 30.9. The maximum atomic E-state index is 13.3. The first-order chi connectivity index (χ1) is 11.7. The van der Waals surface area contributed by atoms with Crippen LogP contribution in [-0.4, -0.2) is 0 Å².